The highest BCUT2D eigenvalue weighted by Crippen LogP contribution is 2.47. The van der Waals surface area contributed by atoms with Gasteiger partial charge in [-0.05, 0) is 64.5 Å². The summed E-state index contributed by atoms with van der Waals surface area (Å²) in [6, 6.07) is 18.6. The molecule has 0 bridgehead atoms. The van der Waals surface area contributed by atoms with Crippen molar-refractivity contribution < 1.29 is 23.9 Å². The zero-order valence-corrected chi connectivity index (χ0v) is 23.5. The van der Waals surface area contributed by atoms with Gasteiger partial charge in [0.25, 0.3) is 0 Å². The molecule has 9 heteroatoms. The number of allylic oxidation sites excluding steroid dienone is 2. The first-order valence-electron chi connectivity index (χ1n) is 12.6. The van der Waals surface area contributed by atoms with E-state index in [1.165, 1.54) is 7.11 Å². The van der Waals surface area contributed by atoms with Gasteiger partial charge in [-0.15, -0.1) is 0 Å². The summed E-state index contributed by atoms with van der Waals surface area (Å²) in [5, 5.41) is 0.469. The van der Waals surface area contributed by atoms with Crippen LogP contribution < -0.4 is 9.64 Å². The lowest BCUT2D eigenvalue weighted by molar-refractivity contribution is -0.123. The first kappa shape index (κ1) is 26.2. The molecule has 0 radical (unpaired) electrons. The van der Waals surface area contributed by atoms with Crippen molar-refractivity contribution in [2.45, 2.75) is 12.1 Å². The maximum Gasteiger partial charge on any atom is 0.240 e. The lowest BCUT2D eigenvalue weighted by Gasteiger charge is -2.33. The first-order valence-corrected chi connectivity index (χ1v) is 13.8. The fourth-order valence-electron chi connectivity index (χ4n) is 5.79. The van der Waals surface area contributed by atoms with Crippen LogP contribution in [0.1, 0.15) is 20.7 Å². The van der Waals surface area contributed by atoms with Crippen LogP contribution in [-0.4, -0.2) is 47.5 Å². The second kappa shape index (κ2) is 10.2. The van der Waals surface area contributed by atoms with Crippen LogP contribution >= 0.6 is 27.5 Å². The summed E-state index contributed by atoms with van der Waals surface area (Å²) in [5.41, 5.74) is 1.66. The van der Waals surface area contributed by atoms with E-state index < -0.39 is 35.7 Å². The Balaban J connectivity index is 1.43. The van der Waals surface area contributed by atoms with Gasteiger partial charge in [-0.1, -0.05) is 48.0 Å². The molecule has 0 aliphatic carbocycles. The van der Waals surface area contributed by atoms with E-state index in [9.17, 15) is 19.2 Å². The number of anilines is 1. The van der Waals surface area contributed by atoms with Crippen LogP contribution in [0.25, 0.3) is 0 Å². The standard InChI is InChI=1S/C31H22BrClN2O5/c1-40-24-12-7-18(15-22(24)32)29(37)27-26-25(30(38)35(31(26)39)21-10-8-20(33)9-11-21)23-16-19(13-14-34(23)27)28(36)17-5-3-2-4-6-17/h2-16,23,25-27H,1H3/t23-,25-,26+,27-/m1/s1. The predicted molar refractivity (Wildman–Crippen MR) is 153 cm³/mol. The molecule has 7 nitrogen and oxygen atoms in total. The number of ether oxygens (including phenoxy) is 1. The number of methoxy groups -OCH3 is 1. The third-order valence-corrected chi connectivity index (χ3v) is 8.51. The molecule has 0 N–H and O–H groups in total. The molecule has 2 saturated heterocycles. The van der Waals surface area contributed by atoms with E-state index in [0.717, 1.165) is 4.90 Å². The molecule has 3 aliphatic rings. The maximum absolute atomic E-state index is 14.0. The number of nitrogens with zero attached hydrogens (tertiary/aromatic N) is 2. The van der Waals surface area contributed by atoms with Crippen molar-refractivity contribution in [2.24, 2.45) is 11.8 Å². The highest BCUT2D eigenvalue weighted by atomic mass is 79.9. The van der Waals surface area contributed by atoms with Gasteiger partial charge in [0, 0.05) is 27.9 Å². The molecule has 0 unspecified atom stereocenters. The Morgan fingerprint density at radius 1 is 0.900 bits per heavy atom. The molecule has 3 aromatic rings. The Kier molecular flexibility index (Phi) is 6.68. The van der Waals surface area contributed by atoms with Crippen LogP contribution in [0.4, 0.5) is 5.69 Å². The Labute approximate surface area is 243 Å². The molecule has 2 fully saturated rings. The highest BCUT2D eigenvalue weighted by Gasteiger charge is 2.63. The summed E-state index contributed by atoms with van der Waals surface area (Å²) < 4.78 is 5.89. The molecule has 3 heterocycles. The van der Waals surface area contributed by atoms with Gasteiger partial charge >= 0.3 is 0 Å². The van der Waals surface area contributed by atoms with Crippen molar-refractivity contribution in [3.63, 3.8) is 0 Å². The Morgan fingerprint density at radius 2 is 1.60 bits per heavy atom. The summed E-state index contributed by atoms with van der Waals surface area (Å²) in [7, 11) is 1.53. The monoisotopic (exact) mass is 616 g/mol. The summed E-state index contributed by atoms with van der Waals surface area (Å²) in [6.07, 6.45) is 5.01. The van der Waals surface area contributed by atoms with E-state index in [2.05, 4.69) is 15.9 Å². The molecule has 0 saturated carbocycles. The number of hydrogen-bond acceptors (Lipinski definition) is 6. The van der Waals surface area contributed by atoms with E-state index in [0.29, 0.717) is 37.6 Å². The molecule has 0 aromatic heterocycles. The molecule has 6 rings (SSSR count). The Bertz CT molecular complexity index is 1620. The zero-order valence-electron chi connectivity index (χ0n) is 21.2. The number of imide groups is 1. The third-order valence-electron chi connectivity index (χ3n) is 7.64. The SMILES string of the molecule is COc1ccc(C(=O)[C@H]2[C@H]3C(=O)N(c4ccc(Cl)cc4)C(=O)[C@@H]3[C@H]3C=C(C(=O)c4ccccc4)C=CN32)cc1Br. The number of fused-ring (bicyclic) bond motifs is 3. The number of amides is 2. The summed E-state index contributed by atoms with van der Waals surface area (Å²) in [5.74, 6) is -2.64. The number of benzene rings is 3. The second-order valence-electron chi connectivity index (χ2n) is 9.77. The highest BCUT2D eigenvalue weighted by molar-refractivity contribution is 9.10. The van der Waals surface area contributed by atoms with Gasteiger partial charge in [-0.25, -0.2) is 4.90 Å². The fourth-order valence-corrected chi connectivity index (χ4v) is 6.46. The quantitative estimate of drug-likeness (QED) is 0.269. The predicted octanol–water partition coefficient (Wildman–Crippen LogP) is 5.49. The van der Waals surface area contributed by atoms with Crippen LogP contribution in [0, 0.1) is 11.8 Å². The molecular weight excluding hydrogens is 596 g/mol. The number of rotatable bonds is 6. The lowest BCUT2D eigenvalue weighted by Crippen LogP contribution is -2.46. The van der Waals surface area contributed by atoms with Crippen LogP contribution in [0.15, 0.2) is 101 Å². The lowest BCUT2D eigenvalue weighted by atomic mass is 9.85. The average Bonchev–Trinajstić information content (AvgIpc) is 3.44. The molecule has 40 heavy (non-hydrogen) atoms. The van der Waals surface area contributed by atoms with Crippen LogP contribution in [0.5, 0.6) is 5.75 Å². The summed E-state index contributed by atoms with van der Waals surface area (Å²) >= 11 is 9.47. The maximum atomic E-state index is 14.0. The molecule has 2 amide bonds. The third kappa shape index (κ3) is 4.19. The smallest absolute Gasteiger partial charge is 0.240 e. The van der Waals surface area contributed by atoms with E-state index >= 15 is 0 Å². The summed E-state index contributed by atoms with van der Waals surface area (Å²) in [6.45, 7) is 0. The fraction of sp³-hybridized carbons (Fsp3) is 0.161. The van der Waals surface area contributed by atoms with Crippen LogP contribution in [0.3, 0.4) is 0 Å². The van der Waals surface area contributed by atoms with Crippen LogP contribution in [-0.2, 0) is 9.59 Å². The van der Waals surface area contributed by atoms with Crippen molar-refractivity contribution in [3.05, 3.63) is 117 Å². The Morgan fingerprint density at radius 3 is 2.27 bits per heavy atom. The number of halogens is 2. The normalized spacial score (nSPS) is 23.1. The van der Waals surface area contributed by atoms with Crippen LogP contribution in [0.2, 0.25) is 5.02 Å². The van der Waals surface area contributed by atoms with Crippen molar-refractivity contribution in [1.82, 2.24) is 4.90 Å². The van der Waals surface area contributed by atoms with E-state index in [1.807, 2.05) is 6.07 Å². The molecule has 3 aromatic carbocycles. The first-order chi connectivity index (χ1) is 19.3. The molecule has 0 spiro atoms. The van der Waals surface area contributed by atoms with Gasteiger partial charge in [0.1, 0.15) is 11.8 Å². The average molecular weight is 618 g/mol. The van der Waals surface area contributed by atoms with Gasteiger partial charge in [0.2, 0.25) is 11.8 Å². The second-order valence-corrected chi connectivity index (χ2v) is 11.1. The van der Waals surface area contributed by atoms with Gasteiger partial charge < -0.3 is 9.64 Å². The molecule has 200 valence electrons. The zero-order chi connectivity index (χ0) is 28.1. The number of carbonyl (C=O) groups is 4. The van der Waals surface area contributed by atoms with E-state index in [-0.39, 0.29) is 11.6 Å². The van der Waals surface area contributed by atoms with E-state index in [4.69, 9.17) is 16.3 Å². The van der Waals surface area contributed by atoms with Gasteiger partial charge in [-0.3, -0.25) is 19.2 Å². The molecule has 4 atom stereocenters. The van der Waals surface area contributed by atoms with Crippen molar-refractivity contribution >= 4 is 56.6 Å². The molecular formula is C31H22BrClN2O5. The van der Waals surface area contributed by atoms with Crippen molar-refractivity contribution in [2.75, 3.05) is 12.0 Å². The molecule has 3 aliphatic heterocycles. The van der Waals surface area contributed by atoms with Crippen molar-refractivity contribution in [1.29, 1.82) is 0 Å². The minimum absolute atomic E-state index is 0.201. The topological polar surface area (TPSA) is 84.0 Å². The van der Waals surface area contributed by atoms with E-state index in [1.54, 1.807) is 90.0 Å². The Hall–Kier alpha value is -4.01. The largest absolute Gasteiger partial charge is 0.496 e. The minimum atomic E-state index is -0.954. The van der Waals surface area contributed by atoms with Crippen molar-refractivity contribution in [3.8, 4) is 5.75 Å². The van der Waals surface area contributed by atoms with Gasteiger partial charge in [-0.2, -0.15) is 0 Å². The number of carbonyl (C=O) groups excluding carboxylic acids is 4. The minimum Gasteiger partial charge on any atom is -0.496 e. The number of Topliss-reactive ketones (excluding diaryl/α,β-unsaturated/α-hetero) is 2. The van der Waals surface area contributed by atoms with Gasteiger partial charge in [0.05, 0.1) is 35.1 Å². The summed E-state index contributed by atoms with van der Waals surface area (Å²) in [4.78, 5) is 58.0. The number of hydrogen-bond donors (Lipinski definition) is 0. The van der Waals surface area contributed by atoms with Gasteiger partial charge in [0.15, 0.2) is 11.6 Å². The number of ketones is 2.